The number of pyridine rings is 1. The van der Waals surface area contributed by atoms with E-state index >= 15 is 0 Å². The second kappa shape index (κ2) is 8.36. The molecular weight excluding hydrogens is 314 g/mol. The van der Waals surface area contributed by atoms with Crippen LogP contribution >= 0.6 is 0 Å². The van der Waals surface area contributed by atoms with Crippen LogP contribution in [-0.4, -0.2) is 59.7 Å². The standard InChI is InChI=1S/C19H27N5O/c1-15-21-11-17(12-22-15)13-24-8-9-25-18(14-24)5-4-16-6-7-20-19(10-16)23(2)3/h6-7,10-12,18H,4-5,8-9,13-14H2,1-3H3/t18-/m0/s1. The summed E-state index contributed by atoms with van der Waals surface area (Å²) in [5.74, 6) is 1.82. The molecule has 0 saturated carbocycles. The molecule has 134 valence electrons. The zero-order chi connectivity index (χ0) is 17.6. The Bertz CT molecular complexity index is 674. The first kappa shape index (κ1) is 17.8. The fraction of sp³-hybridized carbons (Fsp3) is 0.526. The number of hydrogen-bond donors (Lipinski definition) is 0. The molecule has 1 aliphatic rings. The van der Waals surface area contributed by atoms with E-state index in [0.717, 1.165) is 56.3 Å². The van der Waals surface area contributed by atoms with Crippen molar-refractivity contribution in [3.8, 4) is 0 Å². The van der Waals surface area contributed by atoms with Crippen LogP contribution in [0.5, 0.6) is 0 Å². The van der Waals surface area contributed by atoms with Crippen LogP contribution < -0.4 is 4.90 Å². The van der Waals surface area contributed by atoms with Crippen LogP contribution in [0.1, 0.15) is 23.4 Å². The number of morpholine rings is 1. The van der Waals surface area contributed by atoms with Crippen molar-refractivity contribution in [2.75, 3.05) is 38.7 Å². The lowest BCUT2D eigenvalue weighted by molar-refractivity contribution is -0.0346. The summed E-state index contributed by atoms with van der Waals surface area (Å²) in [6.07, 6.45) is 8.04. The van der Waals surface area contributed by atoms with E-state index in [2.05, 4.69) is 32.0 Å². The zero-order valence-electron chi connectivity index (χ0n) is 15.4. The molecule has 1 atom stereocenters. The van der Waals surface area contributed by atoms with Gasteiger partial charge in [-0.2, -0.15) is 0 Å². The summed E-state index contributed by atoms with van der Waals surface area (Å²) in [6, 6.07) is 4.25. The monoisotopic (exact) mass is 341 g/mol. The molecule has 1 saturated heterocycles. The van der Waals surface area contributed by atoms with Crippen LogP contribution in [0.15, 0.2) is 30.7 Å². The van der Waals surface area contributed by atoms with Gasteiger partial charge in [-0.3, -0.25) is 4.90 Å². The van der Waals surface area contributed by atoms with Crippen LogP contribution in [0.2, 0.25) is 0 Å². The molecule has 0 spiro atoms. The molecule has 0 bridgehead atoms. The van der Waals surface area contributed by atoms with Crippen molar-refractivity contribution >= 4 is 5.82 Å². The quantitative estimate of drug-likeness (QED) is 0.802. The van der Waals surface area contributed by atoms with Gasteiger partial charge in [-0.15, -0.1) is 0 Å². The summed E-state index contributed by atoms with van der Waals surface area (Å²) in [5.41, 5.74) is 2.47. The number of ether oxygens (including phenoxy) is 1. The highest BCUT2D eigenvalue weighted by molar-refractivity contribution is 5.39. The van der Waals surface area contributed by atoms with Gasteiger partial charge in [-0.05, 0) is 37.5 Å². The van der Waals surface area contributed by atoms with Crippen LogP contribution in [-0.2, 0) is 17.7 Å². The number of anilines is 1. The molecule has 0 radical (unpaired) electrons. The van der Waals surface area contributed by atoms with E-state index in [-0.39, 0.29) is 6.10 Å². The van der Waals surface area contributed by atoms with Crippen molar-refractivity contribution < 1.29 is 4.74 Å². The fourth-order valence-corrected chi connectivity index (χ4v) is 3.05. The third kappa shape index (κ3) is 5.21. The van der Waals surface area contributed by atoms with Gasteiger partial charge in [0.05, 0.1) is 12.7 Å². The van der Waals surface area contributed by atoms with E-state index in [1.807, 2.05) is 44.5 Å². The Morgan fingerprint density at radius 1 is 1.20 bits per heavy atom. The Labute approximate surface area is 149 Å². The Morgan fingerprint density at radius 3 is 2.76 bits per heavy atom. The lowest BCUT2D eigenvalue weighted by atomic mass is 10.1. The fourth-order valence-electron chi connectivity index (χ4n) is 3.05. The Balaban J connectivity index is 1.51. The first-order valence-electron chi connectivity index (χ1n) is 8.84. The smallest absolute Gasteiger partial charge is 0.128 e. The van der Waals surface area contributed by atoms with Gasteiger partial charge in [0.25, 0.3) is 0 Å². The molecule has 1 fully saturated rings. The highest BCUT2D eigenvalue weighted by Crippen LogP contribution is 2.16. The maximum absolute atomic E-state index is 5.97. The van der Waals surface area contributed by atoms with Crippen molar-refractivity contribution in [3.05, 3.63) is 47.7 Å². The number of hydrogen-bond acceptors (Lipinski definition) is 6. The van der Waals surface area contributed by atoms with Crippen LogP contribution in [0, 0.1) is 6.92 Å². The van der Waals surface area contributed by atoms with Gasteiger partial charge in [-0.1, -0.05) is 0 Å². The predicted molar refractivity (Wildman–Crippen MR) is 98.7 cm³/mol. The Morgan fingerprint density at radius 2 is 2.00 bits per heavy atom. The van der Waals surface area contributed by atoms with Gasteiger partial charge in [-0.25, -0.2) is 15.0 Å². The second-order valence-electron chi connectivity index (χ2n) is 6.82. The minimum absolute atomic E-state index is 0.274. The lowest BCUT2D eigenvalue weighted by Crippen LogP contribution is -2.42. The molecule has 0 unspecified atom stereocenters. The largest absolute Gasteiger partial charge is 0.376 e. The van der Waals surface area contributed by atoms with Crippen molar-refractivity contribution in [3.63, 3.8) is 0 Å². The molecule has 2 aromatic heterocycles. The predicted octanol–water partition coefficient (Wildman–Crippen LogP) is 2.08. The van der Waals surface area contributed by atoms with Gasteiger partial charge in [0.15, 0.2) is 0 Å². The summed E-state index contributed by atoms with van der Waals surface area (Å²) in [5, 5.41) is 0. The molecule has 0 aromatic carbocycles. The summed E-state index contributed by atoms with van der Waals surface area (Å²) in [7, 11) is 4.03. The van der Waals surface area contributed by atoms with Gasteiger partial charge in [0, 0.05) is 57.9 Å². The minimum Gasteiger partial charge on any atom is -0.376 e. The SMILES string of the molecule is Cc1ncc(CN2CCO[C@@H](CCc3ccnc(N(C)C)c3)C2)cn1. The summed E-state index contributed by atoms with van der Waals surface area (Å²) in [6.45, 7) is 5.51. The number of aryl methyl sites for hydroxylation is 2. The molecule has 3 rings (SSSR count). The summed E-state index contributed by atoms with van der Waals surface area (Å²) in [4.78, 5) is 17.4. The van der Waals surface area contributed by atoms with E-state index < -0.39 is 0 Å². The second-order valence-corrected chi connectivity index (χ2v) is 6.82. The van der Waals surface area contributed by atoms with Crippen molar-refractivity contribution in [1.82, 2.24) is 19.9 Å². The maximum atomic E-state index is 5.97. The van der Waals surface area contributed by atoms with Crippen LogP contribution in [0.4, 0.5) is 5.82 Å². The third-order valence-corrected chi connectivity index (χ3v) is 4.49. The van der Waals surface area contributed by atoms with E-state index in [9.17, 15) is 0 Å². The number of nitrogens with zero attached hydrogens (tertiary/aromatic N) is 5. The van der Waals surface area contributed by atoms with E-state index in [1.165, 1.54) is 5.56 Å². The number of aromatic nitrogens is 3. The minimum atomic E-state index is 0.274. The Kier molecular flexibility index (Phi) is 5.94. The third-order valence-electron chi connectivity index (χ3n) is 4.49. The van der Waals surface area contributed by atoms with Gasteiger partial charge in [0.1, 0.15) is 11.6 Å². The van der Waals surface area contributed by atoms with Gasteiger partial charge in [0.2, 0.25) is 0 Å². The number of rotatable bonds is 6. The molecule has 6 heteroatoms. The molecule has 3 heterocycles. The van der Waals surface area contributed by atoms with Crippen LogP contribution in [0.25, 0.3) is 0 Å². The molecule has 0 aliphatic carbocycles. The van der Waals surface area contributed by atoms with E-state index in [4.69, 9.17) is 4.74 Å². The summed E-state index contributed by atoms with van der Waals surface area (Å²) < 4.78 is 5.97. The Hall–Kier alpha value is -2.05. The molecule has 25 heavy (non-hydrogen) atoms. The highest BCUT2D eigenvalue weighted by Gasteiger charge is 2.20. The van der Waals surface area contributed by atoms with Gasteiger partial charge < -0.3 is 9.64 Å². The molecule has 0 N–H and O–H groups in total. The van der Waals surface area contributed by atoms with E-state index in [1.54, 1.807) is 0 Å². The normalized spacial score (nSPS) is 18.3. The van der Waals surface area contributed by atoms with Gasteiger partial charge >= 0.3 is 0 Å². The van der Waals surface area contributed by atoms with E-state index in [0.29, 0.717) is 0 Å². The highest BCUT2D eigenvalue weighted by atomic mass is 16.5. The molecule has 6 nitrogen and oxygen atoms in total. The first-order chi connectivity index (χ1) is 12.1. The lowest BCUT2D eigenvalue weighted by Gasteiger charge is -2.33. The first-order valence-corrected chi connectivity index (χ1v) is 8.84. The molecular formula is C19H27N5O. The summed E-state index contributed by atoms with van der Waals surface area (Å²) >= 11 is 0. The average Bonchev–Trinajstić information content (AvgIpc) is 2.62. The van der Waals surface area contributed by atoms with Crippen molar-refractivity contribution in [1.29, 1.82) is 0 Å². The average molecular weight is 341 g/mol. The van der Waals surface area contributed by atoms with Crippen LogP contribution in [0.3, 0.4) is 0 Å². The topological polar surface area (TPSA) is 54.4 Å². The maximum Gasteiger partial charge on any atom is 0.128 e. The molecule has 2 aromatic rings. The van der Waals surface area contributed by atoms with Crippen molar-refractivity contribution in [2.24, 2.45) is 0 Å². The zero-order valence-corrected chi connectivity index (χ0v) is 15.4. The molecule has 1 aliphatic heterocycles. The van der Waals surface area contributed by atoms with Crippen molar-refractivity contribution in [2.45, 2.75) is 32.4 Å². The molecule has 0 amide bonds.